The van der Waals surface area contributed by atoms with Crippen LogP contribution in [0.1, 0.15) is 36.0 Å². The average molecular weight is 372 g/mol. The maximum absolute atomic E-state index is 6.02. The van der Waals surface area contributed by atoms with E-state index in [1.54, 1.807) is 0 Å². The van der Waals surface area contributed by atoms with Crippen molar-refractivity contribution in [2.24, 2.45) is 5.73 Å². The first kappa shape index (κ1) is 20.3. The van der Waals surface area contributed by atoms with E-state index < -0.39 is 0 Å². The van der Waals surface area contributed by atoms with E-state index in [0.717, 1.165) is 17.3 Å². The maximum atomic E-state index is 6.02. The van der Waals surface area contributed by atoms with Crippen molar-refractivity contribution in [3.8, 4) is 0 Å². The van der Waals surface area contributed by atoms with E-state index in [-0.39, 0.29) is 0 Å². The second-order valence-electron chi connectivity index (χ2n) is 6.87. The molecule has 0 aliphatic carbocycles. The standard InChI is InChI=1S/C13H18ClN.C9H12N2/c1-11-5-6-13(14)9-12(11)10-15-7-3-2-4-8-15;1-7-5-3-4-6-9(7)11-8(2)10/h5-6,9H,2-4,7-8,10H2,1H3;3-6,11H,2,10H2,1H3. The van der Waals surface area contributed by atoms with Crippen molar-refractivity contribution in [2.45, 2.75) is 39.7 Å². The lowest BCUT2D eigenvalue weighted by Crippen LogP contribution is -2.29. The number of piperidine rings is 1. The van der Waals surface area contributed by atoms with Gasteiger partial charge in [-0.15, -0.1) is 0 Å². The largest absolute Gasteiger partial charge is 0.386 e. The highest BCUT2D eigenvalue weighted by Gasteiger charge is 2.11. The Labute approximate surface area is 162 Å². The Bertz CT molecular complexity index is 721. The van der Waals surface area contributed by atoms with Crippen molar-refractivity contribution in [2.75, 3.05) is 18.4 Å². The molecule has 1 saturated heterocycles. The zero-order valence-corrected chi connectivity index (χ0v) is 16.6. The lowest BCUT2D eigenvalue weighted by atomic mass is 10.1. The molecule has 3 N–H and O–H groups in total. The lowest BCUT2D eigenvalue weighted by Gasteiger charge is -2.27. The fraction of sp³-hybridized carbons (Fsp3) is 0.364. The highest BCUT2D eigenvalue weighted by molar-refractivity contribution is 6.30. The van der Waals surface area contributed by atoms with Crippen molar-refractivity contribution in [1.82, 2.24) is 4.90 Å². The molecule has 3 nitrogen and oxygen atoms in total. The second kappa shape index (κ2) is 10.2. The third-order valence-corrected chi connectivity index (χ3v) is 4.83. The molecule has 0 bridgehead atoms. The lowest BCUT2D eigenvalue weighted by molar-refractivity contribution is 0.220. The van der Waals surface area contributed by atoms with Crippen molar-refractivity contribution < 1.29 is 0 Å². The summed E-state index contributed by atoms with van der Waals surface area (Å²) >= 11 is 6.02. The molecule has 0 atom stereocenters. The first-order valence-electron chi connectivity index (χ1n) is 9.20. The van der Waals surface area contributed by atoms with Crippen LogP contribution >= 0.6 is 11.6 Å². The smallest absolute Gasteiger partial charge is 0.0930 e. The molecule has 1 heterocycles. The molecule has 0 saturated carbocycles. The molecule has 0 amide bonds. The monoisotopic (exact) mass is 371 g/mol. The fourth-order valence-electron chi connectivity index (χ4n) is 3.05. The highest BCUT2D eigenvalue weighted by Crippen LogP contribution is 2.19. The van der Waals surface area contributed by atoms with Gasteiger partial charge in [0, 0.05) is 17.3 Å². The van der Waals surface area contributed by atoms with Gasteiger partial charge in [0.1, 0.15) is 0 Å². The summed E-state index contributed by atoms with van der Waals surface area (Å²) in [5, 5.41) is 3.81. The molecule has 26 heavy (non-hydrogen) atoms. The number of hydrogen-bond acceptors (Lipinski definition) is 3. The number of anilines is 1. The summed E-state index contributed by atoms with van der Waals surface area (Å²) in [4.78, 5) is 2.53. The molecule has 1 aliphatic heterocycles. The van der Waals surface area contributed by atoms with Gasteiger partial charge in [-0.3, -0.25) is 4.90 Å². The predicted molar refractivity (Wildman–Crippen MR) is 113 cm³/mol. The highest BCUT2D eigenvalue weighted by atomic mass is 35.5. The van der Waals surface area contributed by atoms with Gasteiger partial charge < -0.3 is 11.1 Å². The van der Waals surface area contributed by atoms with E-state index in [4.69, 9.17) is 17.3 Å². The molecule has 3 rings (SSSR count). The number of hydrogen-bond donors (Lipinski definition) is 2. The Morgan fingerprint density at radius 1 is 1.08 bits per heavy atom. The quantitative estimate of drug-likeness (QED) is 0.748. The summed E-state index contributed by atoms with van der Waals surface area (Å²) in [6, 6.07) is 14.1. The summed E-state index contributed by atoms with van der Waals surface area (Å²) in [5.74, 6) is 0.472. The number of rotatable bonds is 4. The topological polar surface area (TPSA) is 41.3 Å². The molecule has 1 fully saturated rings. The minimum atomic E-state index is 0.472. The van der Waals surface area contributed by atoms with Crippen molar-refractivity contribution in [3.63, 3.8) is 0 Å². The van der Waals surface area contributed by atoms with E-state index in [9.17, 15) is 0 Å². The number of halogens is 1. The van der Waals surface area contributed by atoms with Gasteiger partial charge in [0.2, 0.25) is 0 Å². The van der Waals surface area contributed by atoms with Crippen LogP contribution < -0.4 is 11.1 Å². The van der Waals surface area contributed by atoms with Crippen LogP contribution in [0, 0.1) is 13.8 Å². The average Bonchev–Trinajstić information content (AvgIpc) is 2.61. The van der Waals surface area contributed by atoms with Crippen LogP contribution in [0.5, 0.6) is 0 Å². The van der Waals surface area contributed by atoms with Crippen LogP contribution in [0.4, 0.5) is 5.69 Å². The minimum absolute atomic E-state index is 0.472. The van der Waals surface area contributed by atoms with Gasteiger partial charge >= 0.3 is 0 Å². The Balaban J connectivity index is 0.000000197. The second-order valence-corrected chi connectivity index (χ2v) is 7.31. The van der Waals surface area contributed by atoms with Gasteiger partial charge in [-0.25, -0.2) is 0 Å². The number of aryl methyl sites for hydroxylation is 2. The van der Waals surface area contributed by atoms with E-state index in [1.807, 2.05) is 37.3 Å². The number of likely N-dealkylation sites (tertiary alicyclic amines) is 1. The van der Waals surface area contributed by atoms with E-state index in [1.165, 1.54) is 49.0 Å². The van der Waals surface area contributed by atoms with E-state index in [0.29, 0.717) is 5.82 Å². The predicted octanol–water partition coefficient (Wildman–Crippen LogP) is 5.47. The Kier molecular flexibility index (Phi) is 8.02. The van der Waals surface area contributed by atoms with Crippen LogP contribution in [-0.4, -0.2) is 18.0 Å². The Morgan fingerprint density at radius 2 is 1.77 bits per heavy atom. The maximum Gasteiger partial charge on any atom is 0.0930 e. The number of para-hydroxylation sites is 1. The summed E-state index contributed by atoms with van der Waals surface area (Å²) in [6.45, 7) is 11.3. The molecule has 0 unspecified atom stereocenters. The van der Waals surface area contributed by atoms with Gasteiger partial charge in [-0.05, 0) is 74.7 Å². The van der Waals surface area contributed by atoms with Crippen molar-refractivity contribution in [3.05, 3.63) is 76.6 Å². The molecule has 2 aromatic rings. The Morgan fingerprint density at radius 3 is 2.42 bits per heavy atom. The minimum Gasteiger partial charge on any atom is -0.386 e. The summed E-state index contributed by atoms with van der Waals surface area (Å²) in [5.41, 5.74) is 10.3. The molecular weight excluding hydrogens is 342 g/mol. The number of benzene rings is 2. The molecule has 1 aliphatic rings. The Hall–Kier alpha value is -1.97. The molecule has 0 spiro atoms. The van der Waals surface area contributed by atoms with Gasteiger partial charge in [-0.1, -0.05) is 48.9 Å². The molecular formula is C22H30ClN3. The molecule has 0 aromatic heterocycles. The van der Waals surface area contributed by atoms with Gasteiger partial charge in [0.15, 0.2) is 0 Å². The molecule has 4 heteroatoms. The zero-order chi connectivity index (χ0) is 18.9. The third kappa shape index (κ3) is 6.74. The SMILES string of the molecule is C=C(N)Nc1ccccc1C.Cc1ccc(Cl)cc1CN1CCCCC1. The third-order valence-electron chi connectivity index (χ3n) is 4.59. The first-order chi connectivity index (χ1) is 12.5. The zero-order valence-electron chi connectivity index (χ0n) is 15.9. The van der Waals surface area contributed by atoms with Crippen LogP contribution in [0.25, 0.3) is 0 Å². The number of nitrogens with zero attached hydrogens (tertiary/aromatic N) is 1. The molecule has 140 valence electrons. The fourth-order valence-corrected chi connectivity index (χ4v) is 3.25. The normalized spacial score (nSPS) is 14.3. The van der Waals surface area contributed by atoms with E-state index >= 15 is 0 Å². The summed E-state index contributed by atoms with van der Waals surface area (Å²) in [7, 11) is 0. The van der Waals surface area contributed by atoms with Crippen LogP contribution in [0.3, 0.4) is 0 Å². The van der Waals surface area contributed by atoms with Crippen LogP contribution in [-0.2, 0) is 6.54 Å². The van der Waals surface area contributed by atoms with Gasteiger partial charge in [0.25, 0.3) is 0 Å². The van der Waals surface area contributed by atoms with Crippen molar-refractivity contribution in [1.29, 1.82) is 0 Å². The summed E-state index contributed by atoms with van der Waals surface area (Å²) < 4.78 is 0. The number of nitrogens with two attached hydrogens (primary N) is 1. The van der Waals surface area contributed by atoms with Crippen molar-refractivity contribution >= 4 is 17.3 Å². The molecule has 0 radical (unpaired) electrons. The van der Waals surface area contributed by atoms with E-state index in [2.05, 4.69) is 35.9 Å². The van der Waals surface area contributed by atoms with Gasteiger partial charge in [-0.2, -0.15) is 0 Å². The number of nitrogens with one attached hydrogen (secondary N) is 1. The van der Waals surface area contributed by atoms with Crippen LogP contribution in [0.2, 0.25) is 5.02 Å². The molecule has 2 aromatic carbocycles. The van der Waals surface area contributed by atoms with Crippen LogP contribution in [0.15, 0.2) is 54.9 Å². The summed E-state index contributed by atoms with van der Waals surface area (Å²) in [6.07, 6.45) is 4.09. The first-order valence-corrected chi connectivity index (χ1v) is 9.58. The van der Waals surface area contributed by atoms with Gasteiger partial charge in [0.05, 0.1) is 5.82 Å².